The van der Waals surface area contributed by atoms with Gasteiger partial charge in [0.1, 0.15) is 0 Å². The molecular weight excluding hydrogens is 244 g/mol. The molecular formula is C15H17ClN2. The first-order valence-electron chi connectivity index (χ1n) is 6.14. The van der Waals surface area contributed by atoms with Crippen LogP contribution in [0.2, 0.25) is 5.02 Å². The summed E-state index contributed by atoms with van der Waals surface area (Å²) in [5, 5.41) is 4.29. The maximum Gasteiger partial charge on any atom is 0.0453 e. The summed E-state index contributed by atoms with van der Waals surface area (Å²) in [6.45, 7) is 3.04. The van der Waals surface area contributed by atoms with Crippen LogP contribution in [-0.2, 0) is 6.42 Å². The van der Waals surface area contributed by atoms with Gasteiger partial charge in [-0.2, -0.15) is 0 Å². The summed E-state index contributed by atoms with van der Waals surface area (Å²) in [5.41, 5.74) is 2.39. The lowest BCUT2D eigenvalue weighted by Gasteiger charge is -2.15. The van der Waals surface area contributed by atoms with Gasteiger partial charge in [-0.3, -0.25) is 4.98 Å². The lowest BCUT2D eigenvalue weighted by molar-refractivity contribution is 0.576. The number of rotatable bonds is 5. The highest BCUT2D eigenvalue weighted by Crippen LogP contribution is 2.21. The van der Waals surface area contributed by atoms with E-state index in [9.17, 15) is 0 Å². The molecule has 0 saturated heterocycles. The number of pyridine rings is 1. The van der Waals surface area contributed by atoms with Gasteiger partial charge < -0.3 is 5.32 Å². The van der Waals surface area contributed by atoms with Gasteiger partial charge in [-0.25, -0.2) is 0 Å². The minimum absolute atomic E-state index is 0.260. The Hall–Kier alpha value is -1.38. The zero-order valence-corrected chi connectivity index (χ0v) is 11.2. The maximum absolute atomic E-state index is 6.17. The molecule has 18 heavy (non-hydrogen) atoms. The predicted octanol–water partition coefficient (Wildman–Crippen LogP) is 3.63. The number of halogens is 1. The van der Waals surface area contributed by atoms with Gasteiger partial charge >= 0.3 is 0 Å². The molecule has 0 bridgehead atoms. The van der Waals surface area contributed by atoms with Gasteiger partial charge in [-0.15, -0.1) is 0 Å². The van der Waals surface area contributed by atoms with Crippen molar-refractivity contribution in [1.82, 2.24) is 10.3 Å². The van der Waals surface area contributed by atoms with E-state index >= 15 is 0 Å². The Labute approximate surface area is 113 Å². The Morgan fingerprint density at radius 3 is 2.78 bits per heavy atom. The Morgan fingerprint density at radius 1 is 1.22 bits per heavy atom. The third-order valence-corrected chi connectivity index (χ3v) is 3.30. The third kappa shape index (κ3) is 3.56. The van der Waals surface area contributed by atoms with Crippen molar-refractivity contribution in [3.05, 3.63) is 64.9 Å². The molecule has 1 N–H and O–H groups in total. The van der Waals surface area contributed by atoms with Crippen LogP contribution in [0, 0.1) is 0 Å². The summed E-state index contributed by atoms with van der Waals surface area (Å²) in [4.78, 5) is 4.11. The summed E-state index contributed by atoms with van der Waals surface area (Å²) in [6.07, 6.45) is 4.67. The molecule has 0 saturated carbocycles. The number of hydrogen-bond acceptors (Lipinski definition) is 2. The van der Waals surface area contributed by atoms with Crippen LogP contribution >= 0.6 is 11.6 Å². The van der Waals surface area contributed by atoms with E-state index in [4.69, 9.17) is 11.6 Å². The molecule has 0 fully saturated rings. The zero-order chi connectivity index (χ0) is 12.8. The van der Waals surface area contributed by atoms with Gasteiger partial charge in [0.05, 0.1) is 0 Å². The van der Waals surface area contributed by atoms with Crippen LogP contribution in [0.5, 0.6) is 0 Å². The lowest BCUT2D eigenvalue weighted by Crippen LogP contribution is -2.21. The van der Waals surface area contributed by atoms with E-state index in [0.717, 1.165) is 23.6 Å². The second kappa shape index (κ2) is 6.53. The Bertz CT molecular complexity index is 485. The highest BCUT2D eigenvalue weighted by atomic mass is 35.5. The van der Waals surface area contributed by atoms with Gasteiger partial charge in [-0.1, -0.05) is 35.9 Å². The van der Waals surface area contributed by atoms with Gasteiger partial charge in [0, 0.05) is 23.5 Å². The molecule has 0 aliphatic rings. The monoisotopic (exact) mass is 260 g/mol. The molecule has 0 radical (unpaired) electrons. The smallest absolute Gasteiger partial charge is 0.0453 e. The number of benzene rings is 1. The minimum Gasteiger partial charge on any atom is -0.310 e. The molecule has 2 nitrogen and oxygen atoms in total. The summed E-state index contributed by atoms with van der Waals surface area (Å²) in [6, 6.07) is 12.3. The summed E-state index contributed by atoms with van der Waals surface area (Å²) in [5.74, 6) is 0. The topological polar surface area (TPSA) is 24.9 Å². The van der Waals surface area contributed by atoms with E-state index in [1.54, 1.807) is 6.20 Å². The molecule has 0 aliphatic carbocycles. The lowest BCUT2D eigenvalue weighted by atomic mass is 10.1. The number of nitrogens with zero attached hydrogens (tertiary/aromatic N) is 1. The average Bonchev–Trinajstić information content (AvgIpc) is 2.40. The Morgan fingerprint density at radius 2 is 2.06 bits per heavy atom. The van der Waals surface area contributed by atoms with Crippen LogP contribution in [-0.4, -0.2) is 11.5 Å². The van der Waals surface area contributed by atoms with E-state index in [-0.39, 0.29) is 6.04 Å². The van der Waals surface area contributed by atoms with Crippen molar-refractivity contribution < 1.29 is 0 Å². The second-order valence-corrected chi connectivity index (χ2v) is 4.72. The van der Waals surface area contributed by atoms with Gasteiger partial charge in [-0.05, 0) is 43.1 Å². The van der Waals surface area contributed by atoms with E-state index in [1.165, 1.54) is 5.56 Å². The molecule has 2 aromatic rings. The van der Waals surface area contributed by atoms with Crippen LogP contribution in [0.25, 0.3) is 0 Å². The Balaban J connectivity index is 1.86. The molecule has 3 heteroatoms. The van der Waals surface area contributed by atoms with Crippen LogP contribution in [0.3, 0.4) is 0 Å². The SMILES string of the molecule is CC(NCCc1cccnc1)c1ccccc1Cl. The standard InChI is InChI=1S/C15H17ClN2/c1-12(14-6-2-3-7-15(14)16)18-10-8-13-5-4-9-17-11-13/h2-7,9,11-12,18H,8,10H2,1H3. The molecule has 94 valence electrons. The molecule has 1 unspecified atom stereocenters. The largest absolute Gasteiger partial charge is 0.310 e. The zero-order valence-electron chi connectivity index (χ0n) is 10.4. The van der Waals surface area contributed by atoms with Crippen molar-refractivity contribution in [2.75, 3.05) is 6.54 Å². The molecule has 1 heterocycles. The van der Waals surface area contributed by atoms with Crippen molar-refractivity contribution in [2.45, 2.75) is 19.4 Å². The van der Waals surface area contributed by atoms with Gasteiger partial charge in [0.15, 0.2) is 0 Å². The highest BCUT2D eigenvalue weighted by Gasteiger charge is 2.07. The first kappa shape index (κ1) is 13.1. The van der Waals surface area contributed by atoms with Crippen molar-refractivity contribution >= 4 is 11.6 Å². The van der Waals surface area contributed by atoms with Crippen LogP contribution in [0.15, 0.2) is 48.8 Å². The second-order valence-electron chi connectivity index (χ2n) is 4.31. The normalized spacial score (nSPS) is 12.3. The first-order valence-corrected chi connectivity index (χ1v) is 6.52. The maximum atomic E-state index is 6.17. The highest BCUT2D eigenvalue weighted by molar-refractivity contribution is 6.31. The van der Waals surface area contributed by atoms with Crippen LogP contribution in [0.4, 0.5) is 0 Å². The molecule has 0 amide bonds. The average molecular weight is 261 g/mol. The fraction of sp³-hybridized carbons (Fsp3) is 0.267. The van der Waals surface area contributed by atoms with Crippen molar-refractivity contribution in [3.63, 3.8) is 0 Å². The predicted molar refractivity (Wildman–Crippen MR) is 75.8 cm³/mol. The van der Waals surface area contributed by atoms with Gasteiger partial charge in [0.2, 0.25) is 0 Å². The Kier molecular flexibility index (Phi) is 4.73. The number of aromatic nitrogens is 1. The summed E-state index contributed by atoms with van der Waals surface area (Å²) < 4.78 is 0. The van der Waals surface area contributed by atoms with Gasteiger partial charge in [0.25, 0.3) is 0 Å². The fourth-order valence-corrected chi connectivity index (χ4v) is 2.21. The molecule has 1 atom stereocenters. The molecule has 0 aliphatic heterocycles. The number of nitrogens with one attached hydrogen (secondary N) is 1. The van der Waals surface area contributed by atoms with Crippen molar-refractivity contribution in [3.8, 4) is 0 Å². The first-order chi connectivity index (χ1) is 8.77. The van der Waals surface area contributed by atoms with Crippen molar-refractivity contribution in [2.24, 2.45) is 0 Å². The van der Waals surface area contributed by atoms with Crippen LogP contribution in [0.1, 0.15) is 24.1 Å². The van der Waals surface area contributed by atoms with E-state index in [0.29, 0.717) is 0 Å². The molecule has 1 aromatic carbocycles. The fourth-order valence-electron chi connectivity index (χ4n) is 1.92. The summed E-state index contributed by atoms with van der Waals surface area (Å²) in [7, 11) is 0. The quantitative estimate of drug-likeness (QED) is 0.888. The third-order valence-electron chi connectivity index (χ3n) is 2.96. The molecule has 1 aromatic heterocycles. The molecule has 2 rings (SSSR count). The van der Waals surface area contributed by atoms with E-state index < -0.39 is 0 Å². The molecule has 0 spiro atoms. The summed E-state index contributed by atoms with van der Waals surface area (Å²) >= 11 is 6.17. The van der Waals surface area contributed by atoms with Crippen molar-refractivity contribution in [1.29, 1.82) is 0 Å². The van der Waals surface area contributed by atoms with E-state index in [2.05, 4.69) is 29.4 Å². The van der Waals surface area contributed by atoms with Crippen LogP contribution < -0.4 is 5.32 Å². The number of hydrogen-bond donors (Lipinski definition) is 1. The van der Waals surface area contributed by atoms with E-state index in [1.807, 2.05) is 30.5 Å². The minimum atomic E-state index is 0.260.